The van der Waals surface area contributed by atoms with E-state index in [1.54, 1.807) is 6.07 Å². The summed E-state index contributed by atoms with van der Waals surface area (Å²) in [5, 5.41) is 14.9. The number of nitrogens with one attached hydrogen (secondary N) is 2. The normalized spacial score (nSPS) is 13.8. The molecule has 1 amide bonds. The monoisotopic (exact) mass is 321 g/mol. The Bertz CT molecular complexity index is 943. The molecule has 2 N–H and O–H groups in total. The number of benzene rings is 2. The van der Waals surface area contributed by atoms with Crippen LogP contribution in [0.5, 0.6) is 0 Å². The SMILES string of the molecule is O=C(NC1CC1)c1cc([N+](=O)[O-])c2[nH]c(-c3ccccc3)cc2c1. The van der Waals surface area contributed by atoms with Crippen LogP contribution in [0.15, 0.2) is 48.5 Å². The van der Waals surface area contributed by atoms with Gasteiger partial charge in [0, 0.05) is 28.8 Å². The van der Waals surface area contributed by atoms with E-state index in [2.05, 4.69) is 10.3 Å². The van der Waals surface area contributed by atoms with Crippen molar-refractivity contribution in [3.63, 3.8) is 0 Å². The number of fused-ring (bicyclic) bond motifs is 1. The molecule has 0 saturated heterocycles. The van der Waals surface area contributed by atoms with Crippen LogP contribution in [0.3, 0.4) is 0 Å². The van der Waals surface area contributed by atoms with Crippen molar-refractivity contribution in [2.45, 2.75) is 18.9 Å². The number of nitrogens with zero attached hydrogens (tertiary/aromatic N) is 1. The number of non-ortho nitro benzene ring substituents is 1. The Hall–Kier alpha value is -3.15. The van der Waals surface area contributed by atoms with Crippen molar-refractivity contribution in [2.75, 3.05) is 0 Å². The fourth-order valence-electron chi connectivity index (χ4n) is 2.77. The minimum absolute atomic E-state index is 0.0874. The first-order chi connectivity index (χ1) is 11.6. The van der Waals surface area contributed by atoms with Crippen LogP contribution < -0.4 is 5.32 Å². The van der Waals surface area contributed by atoms with Gasteiger partial charge < -0.3 is 10.3 Å². The maximum atomic E-state index is 12.2. The Labute approximate surface area is 137 Å². The zero-order valence-corrected chi connectivity index (χ0v) is 12.8. The number of hydrogen-bond acceptors (Lipinski definition) is 3. The summed E-state index contributed by atoms with van der Waals surface area (Å²) in [5.74, 6) is -0.259. The lowest BCUT2D eigenvalue weighted by molar-refractivity contribution is -0.383. The third kappa shape index (κ3) is 2.62. The fraction of sp³-hybridized carbons (Fsp3) is 0.167. The molecule has 3 aromatic rings. The minimum Gasteiger partial charge on any atom is -0.349 e. The summed E-state index contributed by atoms with van der Waals surface area (Å²) in [5.41, 5.74) is 2.39. The van der Waals surface area contributed by atoms with Crippen molar-refractivity contribution in [2.24, 2.45) is 0 Å². The molecular weight excluding hydrogens is 306 g/mol. The van der Waals surface area contributed by atoms with E-state index in [0.29, 0.717) is 16.5 Å². The Morgan fingerprint density at radius 3 is 2.58 bits per heavy atom. The van der Waals surface area contributed by atoms with Gasteiger partial charge in [0.05, 0.1) is 4.92 Å². The van der Waals surface area contributed by atoms with Crippen LogP contribution in [0.2, 0.25) is 0 Å². The predicted molar refractivity (Wildman–Crippen MR) is 90.9 cm³/mol. The van der Waals surface area contributed by atoms with Gasteiger partial charge in [0.25, 0.3) is 11.6 Å². The molecular formula is C18H15N3O3. The van der Waals surface area contributed by atoms with Crippen molar-refractivity contribution in [1.29, 1.82) is 0 Å². The molecule has 0 radical (unpaired) electrons. The number of hydrogen-bond donors (Lipinski definition) is 2. The molecule has 0 bridgehead atoms. The smallest absolute Gasteiger partial charge is 0.294 e. The van der Waals surface area contributed by atoms with Crippen LogP contribution in [0.1, 0.15) is 23.2 Å². The summed E-state index contributed by atoms with van der Waals surface area (Å²) in [4.78, 5) is 26.3. The summed E-state index contributed by atoms with van der Waals surface area (Å²) in [6.45, 7) is 0. The van der Waals surface area contributed by atoms with Crippen LogP contribution >= 0.6 is 0 Å². The van der Waals surface area contributed by atoms with Crippen molar-refractivity contribution >= 4 is 22.5 Å². The molecule has 0 aliphatic heterocycles. The Morgan fingerprint density at radius 1 is 1.17 bits per heavy atom. The predicted octanol–water partition coefficient (Wildman–Crippen LogP) is 3.64. The molecule has 120 valence electrons. The van der Waals surface area contributed by atoms with Gasteiger partial charge in [0.1, 0.15) is 5.52 Å². The lowest BCUT2D eigenvalue weighted by Crippen LogP contribution is -2.25. The van der Waals surface area contributed by atoms with Gasteiger partial charge >= 0.3 is 0 Å². The standard InChI is InChI=1S/C18H15N3O3/c22-18(19-14-6-7-14)13-8-12-9-15(11-4-2-1-3-5-11)20-17(12)16(10-13)21(23)24/h1-5,8-10,14,20H,6-7H2,(H,19,22). The molecule has 1 aliphatic carbocycles. The van der Waals surface area contributed by atoms with E-state index >= 15 is 0 Å². The van der Waals surface area contributed by atoms with Gasteiger partial charge in [-0.2, -0.15) is 0 Å². The van der Waals surface area contributed by atoms with E-state index in [1.807, 2.05) is 36.4 Å². The minimum atomic E-state index is -0.457. The first-order valence-electron chi connectivity index (χ1n) is 7.79. The number of carbonyl (C=O) groups excluding carboxylic acids is 1. The van der Waals surface area contributed by atoms with E-state index in [4.69, 9.17) is 0 Å². The second kappa shape index (κ2) is 5.49. The molecule has 0 spiro atoms. The highest BCUT2D eigenvalue weighted by Crippen LogP contribution is 2.31. The van der Waals surface area contributed by atoms with Crippen LogP contribution in [0, 0.1) is 10.1 Å². The number of carbonyl (C=O) groups is 1. The number of rotatable bonds is 4. The highest BCUT2D eigenvalue weighted by Gasteiger charge is 2.26. The molecule has 4 rings (SSSR count). The van der Waals surface area contributed by atoms with E-state index in [-0.39, 0.29) is 17.6 Å². The zero-order valence-electron chi connectivity index (χ0n) is 12.8. The van der Waals surface area contributed by atoms with Gasteiger partial charge in [0.15, 0.2) is 0 Å². The number of nitro groups is 1. The average molecular weight is 321 g/mol. The number of H-pyrrole nitrogens is 1. The summed E-state index contributed by atoms with van der Waals surface area (Å²) >= 11 is 0. The molecule has 6 nitrogen and oxygen atoms in total. The van der Waals surface area contributed by atoms with Gasteiger partial charge in [-0.15, -0.1) is 0 Å². The molecule has 2 aromatic carbocycles. The first-order valence-corrected chi connectivity index (χ1v) is 7.79. The molecule has 1 aromatic heterocycles. The molecule has 6 heteroatoms. The van der Waals surface area contributed by atoms with Crippen LogP contribution in [-0.2, 0) is 0 Å². The fourth-order valence-corrected chi connectivity index (χ4v) is 2.77. The highest BCUT2D eigenvalue weighted by atomic mass is 16.6. The molecule has 24 heavy (non-hydrogen) atoms. The van der Waals surface area contributed by atoms with Gasteiger partial charge in [-0.1, -0.05) is 30.3 Å². The van der Waals surface area contributed by atoms with Gasteiger partial charge in [-0.05, 0) is 30.5 Å². The second-order valence-corrected chi connectivity index (χ2v) is 6.01. The van der Waals surface area contributed by atoms with Crippen LogP contribution in [0.4, 0.5) is 5.69 Å². The summed E-state index contributed by atoms with van der Waals surface area (Å²) < 4.78 is 0. The van der Waals surface area contributed by atoms with Crippen molar-refractivity contribution in [3.05, 3.63) is 64.2 Å². The Kier molecular flexibility index (Phi) is 3.30. The van der Waals surface area contributed by atoms with Crippen LogP contribution in [-0.4, -0.2) is 21.9 Å². The summed E-state index contributed by atoms with van der Waals surface area (Å²) in [6, 6.07) is 14.7. The maximum absolute atomic E-state index is 12.2. The highest BCUT2D eigenvalue weighted by molar-refractivity contribution is 6.02. The molecule has 0 unspecified atom stereocenters. The number of aromatic amines is 1. The van der Waals surface area contributed by atoms with Crippen molar-refractivity contribution in [3.8, 4) is 11.3 Å². The quantitative estimate of drug-likeness (QED) is 0.568. The number of aromatic nitrogens is 1. The number of amides is 1. The Morgan fingerprint density at radius 2 is 1.92 bits per heavy atom. The van der Waals surface area contributed by atoms with Crippen LogP contribution in [0.25, 0.3) is 22.2 Å². The molecule has 1 aliphatic rings. The first kappa shape index (κ1) is 14.4. The van der Waals surface area contributed by atoms with E-state index in [0.717, 1.165) is 24.1 Å². The lowest BCUT2D eigenvalue weighted by atomic mass is 10.1. The van der Waals surface area contributed by atoms with Gasteiger partial charge in [-0.3, -0.25) is 14.9 Å². The third-order valence-electron chi connectivity index (χ3n) is 4.16. The van der Waals surface area contributed by atoms with Gasteiger partial charge in [0.2, 0.25) is 0 Å². The van der Waals surface area contributed by atoms with Crippen molar-refractivity contribution in [1.82, 2.24) is 10.3 Å². The largest absolute Gasteiger partial charge is 0.349 e. The summed E-state index contributed by atoms with van der Waals surface area (Å²) in [7, 11) is 0. The molecule has 1 heterocycles. The molecule has 0 atom stereocenters. The zero-order chi connectivity index (χ0) is 16.7. The maximum Gasteiger partial charge on any atom is 0.294 e. The van der Waals surface area contributed by atoms with E-state index < -0.39 is 4.92 Å². The Balaban J connectivity index is 1.83. The van der Waals surface area contributed by atoms with E-state index in [1.165, 1.54) is 6.07 Å². The summed E-state index contributed by atoms with van der Waals surface area (Å²) in [6.07, 6.45) is 1.94. The lowest BCUT2D eigenvalue weighted by Gasteiger charge is -2.04. The average Bonchev–Trinajstić information content (AvgIpc) is 3.29. The third-order valence-corrected chi connectivity index (χ3v) is 4.16. The molecule has 1 fully saturated rings. The number of nitro benzene ring substituents is 1. The topological polar surface area (TPSA) is 88.0 Å². The van der Waals surface area contributed by atoms with Crippen molar-refractivity contribution < 1.29 is 9.72 Å². The second-order valence-electron chi connectivity index (χ2n) is 6.01. The van der Waals surface area contributed by atoms with Gasteiger partial charge in [-0.25, -0.2) is 0 Å². The van der Waals surface area contributed by atoms with E-state index in [9.17, 15) is 14.9 Å². The molecule has 1 saturated carbocycles.